The zero-order valence-corrected chi connectivity index (χ0v) is 25.8. The van der Waals surface area contributed by atoms with Crippen molar-refractivity contribution in [3.63, 3.8) is 0 Å². The van der Waals surface area contributed by atoms with Crippen LogP contribution in [0.3, 0.4) is 0 Å². The smallest absolute Gasteiger partial charge is 0.315 e. The Morgan fingerprint density at radius 2 is 1.98 bits per heavy atom. The zero-order valence-electron chi connectivity index (χ0n) is 25.0. The maximum Gasteiger partial charge on any atom is 0.315 e. The Morgan fingerprint density at radius 3 is 2.60 bits per heavy atom. The molecule has 1 saturated heterocycles. The van der Waals surface area contributed by atoms with E-state index in [1.165, 1.54) is 31.4 Å². The molecule has 0 spiro atoms. The summed E-state index contributed by atoms with van der Waals surface area (Å²) >= 11 is 1.33. The van der Waals surface area contributed by atoms with Crippen LogP contribution in [0.1, 0.15) is 49.6 Å². The maximum atomic E-state index is 13.9. The fourth-order valence-electron chi connectivity index (χ4n) is 5.36. The first-order chi connectivity index (χ1) is 20.6. The van der Waals surface area contributed by atoms with Crippen molar-refractivity contribution < 1.29 is 28.5 Å². The molecule has 1 fully saturated rings. The third-order valence-electron chi connectivity index (χ3n) is 7.99. The van der Waals surface area contributed by atoms with Crippen molar-refractivity contribution in [1.29, 1.82) is 0 Å². The average molecular weight is 609 g/mol. The number of piperidine rings is 1. The number of ether oxygens (including phenoxy) is 3. The number of likely N-dealkylation sites (tertiary alicyclic amines) is 1. The van der Waals surface area contributed by atoms with Crippen LogP contribution in [-0.4, -0.2) is 64.2 Å². The van der Waals surface area contributed by atoms with Gasteiger partial charge in [-0.3, -0.25) is 14.3 Å². The minimum Gasteiger partial charge on any atom is -0.496 e. The number of thiophene rings is 1. The number of carbonyl (C=O) groups is 1. The molecule has 4 aromatic rings. The number of hydrogen-bond donors (Lipinski definition) is 1. The van der Waals surface area contributed by atoms with E-state index in [-0.39, 0.29) is 18.3 Å². The molecule has 12 heteroatoms. The molecule has 4 heterocycles. The quantitative estimate of drug-likeness (QED) is 0.229. The Morgan fingerprint density at radius 1 is 1.26 bits per heavy atom. The van der Waals surface area contributed by atoms with E-state index in [0.717, 1.165) is 31.5 Å². The van der Waals surface area contributed by atoms with E-state index in [4.69, 9.17) is 23.7 Å². The summed E-state index contributed by atoms with van der Waals surface area (Å²) in [6.07, 6.45) is 3.93. The van der Waals surface area contributed by atoms with Crippen LogP contribution < -0.4 is 10.2 Å². The van der Waals surface area contributed by atoms with Gasteiger partial charge in [0.1, 0.15) is 34.1 Å². The number of aliphatic carboxylic acids is 1. The van der Waals surface area contributed by atoms with E-state index in [1.54, 1.807) is 25.1 Å². The topological polar surface area (TPSA) is 129 Å². The van der Waals surface area contributed by atoms with E-state index in [9.17, 15) is 14.7 Å². The Kier molecular flexibility index (Phi) is 8.61. The molecule has 0 saturated carbocycles. The second-order valence-corrected chi connectivity index (χ2v) is 12.0. The van der Waals surface area contributed by atoms with Crippen LogP contribution in [0.25, 0.3) is 21.0 Å². The molecule has 3 aromatic heterocycles. The number of carboxylic acids is 1. The number of para-hydroxylation sites is 1. The van der Waals surface area contributed by atoms with E-state index >= 15 is 0 Å². The lowest BCUT2D eigenvalue weighted by Crippen LogP contribution is -2.38. The van der Waals surface area contributed by atoms with Gasteiger partial charge in [0.15, 0.2) is 5.88 Å². The molecule has 1 aliphatic rings. The molecule has 228 valence electrons. The van der Waals surface area contributed by atoms with Gasteiger partial charge in [-0.2, -0.15) is 5.10 Å². The summed E-state index contributed by atoms with van der Waals surface area (Å²) in [5.74, 6) is 0.517. The van der Waals surface area contributed by atoms with Crippen molar-refractivity contribution in [3.8, 4) is 16.5 Å². The normalized spacial score (nSPS) is 15.0. The molecule has 0 bridgehead atoms. The van der Waals surface area contributed by atoms with Gasteiger partial charge >= 0.3 is 5.97 Å². The lowest BCUT2D eigenvalue weighted by atomic mass is 9.88. The summed E-state index contributed by atoms with van der Waals surface area (Å²) in [6.45, 7) is 10.4. The molecule has 11 nitrogen and oxygen atoms in total. The summed E-state index contributed by atoms with van der Waals surface area (Å²) in [5, 5.41) is 15.2. The second-order valence-electron chi connectivity index (χ2n) is 11.0. The Labute approximate surface area is 253 Å². The zero-order chi connectivity index (χ0) is 30.9. The van der Waals surface area contributed by atoms with Crippen LogP contribution in [0.15, 0.2) is 58.4 Å². The van der Waals surface area contributed by atoms with Gasteiger partial charge in [0.2, 0.25) is 11.3 Å². The molecule has 1 atom stereocenters. The molecular weight excluding hydrogens is 572 g/mol. The van der Waals surface area contributed by atoms with Crippen LogP contribution in [-0.2, 0) is 26.2 Å². The van der Waals surface area contributed by atoms with Gasteiger partial charge in [-0.25, -0.2) is 4.98 Å². The van der Waals surface area contributed by atoms with Crippen LogP contribution in [0, 0.1) is 6.92 Å². The Balaban J connectivity index is 1.63. The fraction of sp³-hybridized carbons (Fsp3) is 0.419. The lowest BCUT2D eigenvalue weighted by molar-refractivity contribution is -0.142. The number of benzene rings is 1. The second kappa shape index (κ2) is 12.2. The highest BCUT2D eigenvalue weighted by atomic mass is 32.1. The third kappa shape index (κ3) is 5.76. The standard InChI is InChI=1S/C31H36N4O7S/c1-18-24-25(36)27(31(3,4)30(37)38)33-35(29(24)43-26(18)28-32-13-16-41-28)17-23(21-9-7-8-10-22(21)40-6)42-20-11-14-34(15-12-20)19(2)39-5/h7-10,13,16,20,23H,2,11-12,14-15,17H2,1,3-6H3,(H,37,38)/t23-/m0/s1. The highest BCUT2D eigenvalue weighted by Gasteiger charge is 2.37. The average Bonchev–Trinajstić information content (AvgIpc) is 3.66. The van der Waals surface area contributed by atoms with Crippen molar-refractivity contribution >= 4 is 27.5 Å². The maximum absolute atomic E-state index is 13.9. The van der Waals surface area contributed by atoms with Gasteiger partial charge in [0, 0.05) is 18.7 Å². The largest absolute Gasteiger partial charge is 0.496 e. The minimum absolute atomic E-state index is 0.0579. The van der Waals surface area contributed by atoms with Crippen molar-refractivity contribution in [2.75, 3.05) is 27.3 Å². The first kappa shape index (κ1) is 30.3. The number of carboxylic acid groups (broad SMARTS) is 1. The van der Waals surface area contributed by atoms with E-state index < -0.39 is 22.9 Å². The molecule has 0 amide bonds. The highest BCUT2D eigenvalue weighted by Crippen LogP contribution is 2.38. The van der Waals surface area contributed by atoms with E-state index in [1.807, 2.05) is 31.2 Å². The molecule has 1 aromatic carbocycles. The number of aromatic nitrogens is 3. The monoisotopic (exact) mass is 608 g/mol. The third-order valence-corrected chi connectivity index (χ3v) is 9.28. The molecule has 43 heavy (non-hydrogen) atoms. The molecule has 0 radical (unpaired) electrons. The van der Waals surface area contributed by atoms with Crippen molar-refractivity contribution in [2.24, 2.45) is 0 Å². The van der Waals surface area contributed by atoms with Gasteiger partial charge in [-0.1, -0.05) is 18.2 Å². The highest BCUT2D eigenvalue weighted by molar-refractivity contribution is 7.22. The van der Waals surface area contributed by atoms with E-state index in [0.29, 0.717) is 38.2 Å². The molecule has 5 rings (SSSR count). The number of hydrogen-bond acceptors (Lipinski definition) is 10. The predicted octanol–water partition coefficient (Wildman–Crippen LogP) is 5.13. The number of methoxy groups -OCH3 is 2. The first-order valence-corrected chi connectivity index (χ1v) is 14.8. The van der Waals surface area contributed by atoms with Crippen molar-refractivity contribution in [1.82, 2.24) is 19.7 Å². The first-order valence-electron chi connectivity index (χ1n) is 14.0. The number of aryl methyl sites for hydroxylation is 1. The number of oxazole rings is 1. The van der Waals surface area contributed by atoms with Gasteiger partial charge in [-0.05, 0) is 51.8 Å². The molecule has 0 aliphatic carbocycles. The lowest BCUT2D eigenvalue weighted by Gasteiger charge is -2.35. The summed E-state index contributed by atoms with van der Waals surface area (Å²) in [5.41, 5.74) is -0.542. The van der Waals surface area contributed by atoms with Gasteiger partial charge in [-0.15, -0.1) is 11.3 Å². The minimum atomic E-state index is -1.54. The number of rotatable bonds is 11. The van der Waals surface area contributed by atoms with Crippen LogP contribution in [0.4, 0.5) is 0 Å². The SMILES string of the molecule is C=C(OC)N1CCC(O[C@@H](Cn2nc(C(C)(C)C(=O)O)c(=O)c3c(C)c(-c4ncco4)sc32)c2ccccc2OC)CC1. The van der Waals surface area contributed by atoms with Crippen LogP contribution in [0.5, 0.6) is 5.75 Å². The van der Waals surface area contributed by atoms with Gasteiger partial charge in [0.05, 0.1) is 43.3 Å². The molecule has 1 N–H and O–H groups in total. The predicted molar refractivity (Wildman–Crippen MR) is 162 cm³/mol. The van der Waals surface area contributed by atoms with Crippen molar-refractivity contribution in [3.05, 3.63) is 76.2 Å². The summed E-state index contributed by atoms with van der Waals surface area (Å²) in [6, 6.07) is 7.64. The summed E-state index contributed by atoms with van der Waals surface area (Å²) < 4.78 is 25.1. The van der Waals surface area contributed by atoms with Crippen LogP contribution in [0.2, 0.25) is 0 Å². The van der Waals surface area contributed by atoms with E-state index in [2.05, 4.69) is 16.5 Å². The van der Waals surface area contributed by atoms with Crippen LogP contribution >= 0.6 is 11.3 Å². The summed E-state index contributed by atoms with van der Waals surface area (Å²) in [4.78, 5) is 33.8. The van der Waals surface area contributed by atoms with Crippen molar-refractivity contribution in [2.45, 2.75) is 57.8 Å². The number of fused-ring (bicyclic) bond motifs is 1. The molecular formula is C31H36N4O7S. The Hall–Kier alpha value is -4.16. The molecule has 0 unspecified atom stereocenters. The fourth-order valence-corrected chi connectivity index (χ4v) is 6.56. The van der Waals surface area contributed by atoms with Gasteiger partial charge < -0.3 is 28.6 Å². The molecule has 1 aliphatic heterocycles. The Bertz CT molecular complexity index is 1680. The van der Waals surface area contributed by atoms with Gasteiger partial charge in [0.25, 0.3) is 0 Å². The number of nitrogens with zero attached hydrogens (tertiary/aromatic N) is 4. The summed E-state index contributed by atoms with van der Waals surface area (Å²) in [7, 11) is 3.22.